The molecule has 2 aliphatic rings. The number of carbonyl (C=O) groups excluding carboxylic acids is 1. The lowest BCUT2D eigenvalue weighted by Crippen LogP contribution is -2.54. The average molecular weight is 302 g/mol. The summed E-state index contributed by atoms with van der Waals surface area (Å²) in [5.41, 5.74) is 2.35. The van der Waals surface area contributed by atoms with Crippen LogP contribution in [0, 0.1) is 0 Å². The zero-order valence-corrected chi connectivity index (χ0v) is 13.7. The zero-order chi connectivity index (χ0) is 15.7. The molecule has 1 amide bonds. The lowest BCUT2D eigenvalue weighted by atomic mass is 9.88. The molecular weight excluding hydrogens is 276 g/mol. The summed E-state index contributed by atoms with van der Waals surface area (Å²) >= 11 is 0. The van der Waals surface area contributed by atoms with E-state index in [2.05, 4.69) is 25.2 Å². The van der Waals surface area contributed by atoms with Crippen LogP contribution in [0.15, 0.2) is 24.3 Å². The highest BCUT2D eigenvalue weighted by molar-refractivity contribution is 5.98. The first-order valence-corrected chi connectivity index (χ1v) is 8.35. The summed E-state index contributed by atoms with van der Waals surface area (Å²) < 4.78 is 5.77. The zero-order valence-electron chi connectivity index (χ0n) is 13.7. The van der Waals surface area contributed by atoms with E-state index in [4.69, 9.17) is 4.74 Å². The number of carbonyl (C=O) groups is 1. The van der Waals surface area contributed by atoms with Crippen LogP contribution in [-0.4, -0.2) is 36.7 Å². The third-order valence-electron chi connectivity index (χ3n) is 4.57. The third kappa shape index (κ3) is 3.18. The summed E-state index contributed by atoms with van der Waals surface area (Å²) in [6, 6.07) is 8.46. The molecule has 0 saturated heterocycles. The quantitative estimate of drug-likeness (QED) is 0.908. The number of nitrogens with zero attached hydrogens (tertiary/aromatic N) is 1. The first-order chi connectivity index (χ1) is 10.5. The van der Waals surface area contributed by atoms with E-state index in [1.54, 1.807) is 0 Å². The Morgan fingerprint density at radius 2 is 2.00 bits per heavy atom. The van der Waals surface area contributed by atoms with Gasteiger partial charge in [-0.25, -0.2) is 0 Å². The van der Waals surface area contributed by atoms with Crippen molar-refractivity contribution in [2.75, 3.05) is 11.4 Å². The SMILES string of the molecule is CC(C)OC1CC(N[C@H](C)C(=O)N2CCc3ccccc32)C1. The van der Waals surface area contributed by atoms with Crippen LogP contribution in [0.3, 0.4) is 0 Å². The standard InChI is InChI=1S/C18H26N2O2/c1-12(2)22-16-10-15(11-16)19-13(3)18(21)20-9-8-14-6-4-5-7-17(14)20/h4-7,12-13,15-16,19H,8-11H2,1-3H3/t13-,15?,16?/m1/s1. The number of para-hydroxylation sites is 1. The van der Waals surface area contributed by atoms with Gasteiger partial charge < -0.3 is 15.0 Å². The molecule has 1 saturated carbocycles. The first kappa shape index (κ1) is 15.5. The molecule has 1 N–H and O–H groups in total. The van der Waals surface area contributed by atoms with E-state index in [0.29, 0.717) is 12.1 Å². The van der Waals surface area contributed by atoms with Crippen LogP contribution in [-0.2, 0) is 16.0 Å². The molecule has 1 atom stereocenters. The number of rotatable bonds is 5. The van der Waals surface area contributed by atoms with Crippen molar-refractivity contribution in [3.05, 3.63) is 29.8 Å². The number of benzene rings is 1. The summed E-state index contributed by atoms with van der Waals surface area (Å²) in [4.78, 5) is 14.6. The molecule has 0 spiro atoms. The molecule has 4 nitrogen and oxygen atoms in total. The highest BCUT2D eigenvalue weighted by Gasteiger charge is 2.34. The fourth-order valence-electron chi connectivity index (χ4n) is 3.42. The lowest BCUT2D eigenvalue weighted by Gasteiger charge is -2.38. The Bertz CT molecular complexity index is 538. The fourth-order valence-corrected chi connectivity index (χ4v) is 3.42. The van der Waals surface area contributed by atoms with E-state index in [1.165, 1.54) is 5.56 Å². The maximum atomic E-state index is 12.7. The predicted octanol–water partition coefficient (Wildman–Crippen LogP) is 2.51. The third-order valence-corrected chi connectivity index (χ3v) is 4.57. The van der Waals surface area contributed by atoms with Gasteiger partial charge >= 0.3 is 0 Å². The maximum Gasteiger partial charge on any atom is 0.243 e. The minimum absolute atomic E-state index is 0.142. The van der Waals surface area contributed by atoms with Crippen LogP contribution in [0.5, 0.6) is 0 Å². The van der Waals surface area contributed by atoms with Gasteiger partial charge in [-0.2, -0.15) is 0 Å². The van der Waals surface area contributed by atoms with Gasteiger partial charge in [0, 0.05) is 18.3 Å². The molecule has 1 aliphatic heterocycles. The van der Waals surface area contributed by atoms with Gasteiger partial charge in [0.15, 0.2) is 0 Å². The molecule has 0 unspecified atom stereocenters. The molecule has 0 bridgehead atoms. The Hall–Kier alpha value is -1.39. The van der Waals surface area contributed by atoms with Crippen molar-refractivity contribution in [1.82, 2.24) is 5.32 Å². The average Bonchev–Trinajstić information content (AvgIpc) is 2.87. The van der Waals surface area contributed by atoms with E-state index < -0.39 is 0 Å². The molecule has 4 heteroatoms. The van der Waals surface area contributed by atoms with Crippen molar-refractivity contribution in [3.8, 4) is 0 Å². The molecule has 0 radical (unpaired) electrons. The van der Waals surface area contributed by atoms with Gasteiger partial charge in [-0.1, -0.05) is 18.2 Å². The van der Waals surface area contributed by atoms with Gasteiger partial charge in [0.25, 0.3) is 0 Å². The minimum Gasteiger partial charge on any atom is -0.375 e. The summed E-state index contributed by atoms with van der Waals surface area (Å²) in [7, 11) is 0. The minimum atomic E-state index is -0.142. The molecular formula is C18H26N2O2. The smallest absolute Gasteiger partial charge is 0.243 e. The van der Waals surface area contributed by atoms with Gasteiger partial charge in [-0.05, 0) is 51.7 Å². The van der Waals surface area contributed by atoms with E-state index in [0.717, 1.165) is 31.5 Å². The van der Waals surface area contributed by atoms with Crippen molar-refractivity contribution in [1.29, 1.82) is 0 Å². The highest BCUT2D eigenvalue weighted by atomic mass is 16.5. The van der Waals surface area contributed by atoms with Crippen LogP contribution in [0.25, 0.3) is 0 Å². The van der Waals surface area contributed by atoms with Gasteiger partial charge in [0.05, 0.1) is 18.2 Å². The number of hydrogen-bond donors (Lipinski definition) is 1. The summed E-state index contributed by atoms with van der Waals surface area (Å²) in [5, 5.41) is 3.46. The van der Waals surface area contributed by atoms with Crippen molar-refractivity contribution < 1.29 is 9.53 Å². The van der Waals surface area contributed by atoms with E-state index in [-0.39, 0.29) is 18.1 Å². The number of hydrogen-bond acceptors (Lipinski definition) is 3. The molecule has 1 aliphatic carbocycles. The highest BCUT2D eigenvalue weighted by Crippen LogP contribution is 2.29. The Labute approximate surface area is 132 Å². The topological polar surface area (TPSA) is 41.6 Å². The molecule has 1 fully saturated rings. The number of amides is 1. The van der Waals surface area contributed by atoms with E-state index >= 15 is 0 Å². The maximum absolute atomic E-state index is 12.7. The Kier molecular flexibility index (Phi) is 4.50. The normalized spacial score (nSPS) is 25.0. The monoisotopic (exact) mass is 302 g/mol. The van der Waals surface area contributed by atoms with Gasteiger partial charge in [-0.15, -0.1) is 0 Å². The molecule has 3 rings (SSSR count). The lowest BCUT2D eigenvalue weighted by molar-refractivity contribution is -0.121. The van der Waals surface area contributed by atoms with Crippen LogP contribution < -0.4 is 10.2 Å². The Balaban J connectivity index is 1.52. The summed E-state index contributed by atoms with van der Waals surface area (Å²) in [6.07, 6.45) is 3.61. The number of fused-ring (bicyclic) bond motifs is 1. The number of anilines is 1. The number of ether oxygens (including phenoxy) is 1. The second kappa shape index (κ2) is 6.39. The molecule has 1 heterocycles. The molecule has 0 aromatic heterocycles. The molecule has 120 valence electrons. The molecule has 1 aromatic rings. The first-order valence-electron chi connectivity index (χ1n) is 8.35. The summed E-state index contributed by atoms with van der Waals surface area (Å²) in [6.45, 7) is 6.91. The van der Waals surface area contributed by atoms with Crippen molar-refractivity contribution in [3.63, 3.8) is 0 Å². The van der Waals surface area contributed by atoms with E-state index in [9.17, 15) is 4.79 Å². The van der Waals surface area contributed by atoms with Crippen LogP contribution in [0.2, 0.25) is 0 Å². The van der Waals surface area contributed by atoms with Crippen molar-refractivity contribution in [2.45, 2.75) is 64.3 Å². The van der Waals surface area contributed by atoms with Crippen LogP contribution in [0.1, 0.15) is 39.2 Å². The summed E-state index contributed by atoms with van der Waals surface area (Å²) in [5.74, 6) is 0.179. The fraction of sp³-hybridized carbons (Fsp3) is 0.611. The molecule has 1 aromatic carbocycles. The second-order valence-electron chi connectivity index (χ2n) is 6.73. The van der Waals surface area contributed by atoms with E-state index in [1.807, 2.05) is 30.0 Å². The Morgan fingerprint density at radius 3 is 2.73 bits per heavy atom. The second-order valence-corrected chi connectivity index (χ2v) is 6.73. The van der Waals surface area contributed by atoms with Crippen LogP contribution in [0.4, 0.5) is 5.69 Å². The predicted molar refractivity (Wildman–Crippen MR) is 88.1 cm³/mol. The van der Waals surface area contributed by atoms with Gasteiger partial charge in [-0.3, -0.25) is 4.79 Å². The van der Waals surface area contributed by atoms with Crippen molar-refractivity contribution in [2.24, 2.45) is 0 Å². The largest absolute Gasteiger partial charge is 0.375 e. The Morgan fingerprint density at radius 1 is 1.27 bits per heavy atom. The number of nitrogens with one attached hydrogen (secondary N) is 1. The molecule has 22 heavy (non-hydrogen) atoms. The van der Waals surface area contributed by atoms with Crippen LogP contribution >= 0.6 is 0 Å². The van der Waals surface area contributed by atoms with Crippen molar-refractivity contribution >= 4 is 11.6 Å². The van der Waals surface area contributed by atoms with Gasteiger partial charge in [0.2, 0.25) is 5.91 Å². The van der Waals surface area contributed by atoms with Gasteiger partial charge in [0.1, 0.15) is 0 Å².